The van der Waals surface area contributed by atoms with E-state index in [1.807, 2.05) is 0 Å². The molecule has 0 aromatic carbocycles. The molecule has 3 N–H and O–H groups in total. The van der Waals surface area contributed by atoms with Crippen LogP contribution in [0.5, 0.6) is 0 Å². The van der Waals surface area contributed by atoms with Gasteiger partial charge in [0.1, 0.15) is 0 Å². The smallest absolute Gasteiger partial charge is 0.220 e. The van der Waals surface area contributed by atoms with E-state index in [0.717, 1.165) is 25.7 Å². The summed E-state index contributed by atoms with van der Waals surface area (Å²) in [6, 6.07) is -0.0624. The van der Waals surface area contributed by atoms with Crippen molar-refractivity contribution in [1.29, 1.82) is 0 Å². The molecule has 4 heteroatoms. The molecular weight excluding hydrogens is 244 g/mol. The zero-order chi connectivity index (χ0) is 13.4. The predicted octanol–water partition coefficient (Wildman–Crippen LogP) is 2.92. The molecule has 18 heavy (non-hydrogen) atoms. The number of hydrogen-bond acceptors (Lipinski definition) is 2. The molecular formula is C14H26N2OS. The summed E-state index contributed by atoms with van der Waals surface area (Å²) in [4.78, 5) is 12.2. The third-order valence-corrected chi connectivity index (χ3v) is 3.73. The van der Waals surface area contributed by atoms with Gasteiger partial charge in [-0.2, -0.15) is 0 Å². The fourth-order valence-electron chi connectivity index (χ4n) is 2.16. The second-order valence-electron chi connectivity index (χ2n) is 5.30. The van der Waals surface area contributed by atoms with E-state index in [1.165, 1.54) is 25.7 Å². The van der Waals surface area contributed by atoms with E-state index in [4.69, 9.17) is 18.0 Å². The van der Waals surface area contributed by atoms with Crippen LogP contribution in [0.25, 0.3) is 0 Å². The lowest BCUT2D eigenvalue weighted by Gasteiger charge is -2.16. The Bertz CT molecular complexity index is 277. The number of unbranched alkanes of at least 4 members (excludes halogenated alkanes) is 5. The van der Waals surface area contributed by atoms with E-state index in [1.54, 1.807) is 0 Å². The van der Waals surface area contributed by atoms with Crippen LogP contribution in [0.3, 0.4) is 0 Å². The zero-order valence-corrected chi connectivity index (χ0v) is 12.2. The minimum atomic E-state index is -0.0624. The lowest BCUT2D eigenvalue weighted by molar-refractivity contribution is -0.121. The summed E-state index contributed by atoms with van der Waals surface area (Å²) in [5.74, 6) is 0.603. The van der Waals surface area contributed by atoms with Crippen molar-refractivity contribution >= 4 is 23.1 Å². The van der Waals surface area contributed by atoms with Crippen molar-refractivity contribution in [1.82, 2.24) is 5.32 Å². The van der Waals surface area contributed by atoms with Crippen molar-refractivity contribution in [2.45, 2.75) is 70.8 Å². The summed E-state index contributed by atoms with van der Waals surface area (Å²) in [7, 11) is 0. The summed E-state index contributed by atoms with van der Waals surface area (Å²) in [5, 5.41) is 2.98. The third-order valence-electron chi connectivity index (χ3n) is 3.47. The molecule has 1 atom stereocenters. The second kappa shape index (κ2) is 8.46. The van der Waals surface area contributed by atoms with Crippen LogP contribution in [-0.2, 0) is 4.79 Å². The van der Waals surface area contributed by atoms with Gasteiger partial charge in [-0.25, -0.2) is 0 Å². The van der Waals surface area contributed by atoms with Gasteiger partial charge in [-0.05, 0) is 25.2 Å². The highest BCUT2D eigenvalue weighted by atomic mass is 32.1. The lowest BCUT2D eigenvalue weighted by Crippen LogP contribution is -2.44. The van der Waals surface area contributed by atoms with E-state index in [-0.39, 0.29) is 11.9 Å². The minimum absolute atomic E-state index is 0.0624. The Morgan fingerprint density at radius 3 is 2.44 bits per heavy atom. The SMILES string of the molecule is CCCCCCCCC(=O)NC(C(N)=S)C1CC1. The van der Waals surface area contributed by atoms with Gasteiger partial charge in [-0.15, -0.1) is 0 Å². The van der Waals surface area contributed by atoms with Crippen molar-refractivity contribution in [2.75, 3.05) is 0 Å². The van der Waals surface area contributed by atoms with E-state index < -0.39 is 0 Å². The summed E-state index contributed by atoms with van der Waals surface area (Å²) in [5.41, 5.74) is 5.65. The van der Waals surface area contributed by atoms with Crippen molar-refractivity contribution in [3.8, 4) is 0 Å². The highest BCUT2D eigenvalue weighted by molar-refractivity contribution is 7.80. The van der Waals surface area contributed by atoms with Gasteiger partial charge in [-0.1, -0.05) is 51.2 Å². The molecule has 0 aliphatic heterocycles. The van der Waals surface area contributed by atoms with Crippen LogP contribution in [0, 0.1) is 5.92 Å². The average molecular weight is 270 g/mol. The standard InChI is InChI=1S/C14H26N2OS/c1-2-3-4-5-6-7-8-12(17)16-13(14(15)18)11-9-10-11/h11,13H,2-10H2,1H3,(H2,15,18)(H,16,17). The van der Waals surface area contributed by atoms with Crippen LogP contribution in [-0.4, -0.2) is 16.9 Å². The van der Waals surface area contributed by atoms with Gasteiger partial charge >= 0.3 is 0 Å². The number of carbonyl (C=O) groups excluding carboxylic acids is 1. The first kappa shape index (κ1) is 15.4. The molecule has 0 radical (unpaired) electrons. The van der Waals surface area contributed by atoms with Crippen molar-refractivity contribution in [3.05, 3.63) is 0 Å². The fraction of sp³-hybridized carbons (Fsp3) is 0.857. The van der Waals surface area contributed by atoms with E-state index >= 15 is 0 Å². The van der Waals surface area contributed by atoms with E-state index in [9.17, 15) is 4.79 Å². The molecule has 0 aromatic rings. The summed E-state index contributed by atoms with van der Waals surface area (Å²) < 4.78 is 0. The molecule has 1 fully saturated rings. The Hall–Kier alpha value is -0.640. The van der Waals surface area contributed by atoms with Gasteiger partial charge in [0, 0.05) is 6.42 Å². The van der Waals surface area contributed by atoms with Crippen LogP contribution in [0.15, 0.2) is 0 Å². The van der Waals surface area contributed by atoms with Crippen LogP contribution in [0.2, 0.25) is 0 Å². The Kier molecular flexibility index (Phi) is 7.25. The lowest BCUT2D eigenvalue weighted by atomic mass is 10.1. The monoisotopic (exact) mass is 270 g/mol. The molecule has 104 valence electrons. The molecule has 1 amide bonds. The number of nitrogens with one attached hydrogen (secondary N) is 1. The maximum atomic E-state index is 11.8. The third kappa shape index (κ3) is 6.34. The van der Waals surface area contributed by atoms with Gasteiger partial charge in [0.25, 0.3) is 0 Å². The summed E-state index contributed by atoms with van der Waals surface area (Å²) in [6.07, 6.45) is 10.1. The highest BCUT2D eigenvalue weighted by Gasteiger charge is 2.33. The van der Waals surface area contributed by atoms with Crippen molar-refractivity contribution in [2.24, 2.45) is 11.7 Å². The molecule has 0 heterocycles. The second-order valence-corrected chi connectivity index (χ2v) is 5.77. The molecule has 0 spiro atoms. The van der Waals surface area contributed by atoms with Crippen LogP contribution < -0.4 is 11.1 Å². The first-order chi connectivity index (χ1) is 8.65. The number of amides is 1. The average Bonchev–Trinajstić information content (AvgIpc) is 3.14. The largest absolute Gasteiger partial charge is 0.392 e. The summed E-state index contributed by atoms with van der Waals surface area (Å²) >= 11 is 5.00. The maximum Gasteiger partial charge on any atom is 0.220 e. The molecule has 0 saturated heterocycles. The van der Waals surface area contributed by atoms with Crippen LogP contribution in [0.4, 0.5) is 0 Å². The normalized spacial score (nSPS) is 16.3. The first-order valence-electron chi connectivity index (χ1n) is 7.23. The highest BCUT2D eigenvalue weighted by Crippen LogP contribution is 2.32. The molecule has 0 aromatic heterocycles. The van der Waals surface area contributed by atoms with E-state index in [0.29, 0.717) is 17.3 Å². The molecule has 1 rings (SSSR count). The first-order valence-corrected chi connectivity index (χ1v) is 7.64. The predicted molar refractivity (Wildman–Crippen MR) is 79.4 cm³/mol. The number of thiocarbonyl (C=S) groups is 1. The Morgan fingerprint density at radius 1 is 1.28 bits per heavy atom. The molecule has 3 nitrogen and oxygen atoms in total. The molecule has 1 aliphatic carbocycles. The van der Waals surface area contributed by atoms with Gasteiger partial charge in [0.05, 0.1) is 11.0 Å². The number of carbonyl (C=O) groups is 1. The van der Waals surface area contributed by atoms with Gasteiger partial charge < -0.3 is 11.1 Å². The molecule has 1 saturated carbocycles. The quantitative estimate of drug-likeness (QED) is 0.474. The zero-order valence-electron chi connectivity index (χ0n) is 11.4. The molecule has 1 aliphatic rings. The number of rotatable bonds is 10. The van der Waals surface area contributed by atoms with Crippen molar-refractivity contribution < 1.29 is 4.79 Å². The molecule has 0 bridgehead atoms. The van der Waals surface area contributed by atoms with Crippen molar-refractivity contribution in [3.63, 3.8) is 0 Å². The van der Waals surface area contributed by atoms with Crippen LogP contribution in [0.1, 0.15) is 64.7 Å². The number of nitrogens with two attached hydrogens (primary N) is 1. The van der Waals surface area contributed by atoms with Gasteiger partial charge in [0.2, 0.25) is 5.91 Å². The van der Waals surface area contributed by atoms with Gasteiger partial charge in [-0.3, -0.25) is 4.79 Å². The minimum Gasteiger partial charge on any atom is -0.392 e. The van der Waals surface area contributed by atoms with Crippen LogP contribution >= 0.6 is 12.2 Å². The maximum absolute atomic E-state index is 11.8. The van der Waals surface area contributed by atoms with Gasteiger partial charge in [0.15, 0.2) is 0 Å². The van der Waals surface area contributed by atoms with E-state index in [2.05, 4.69) is 12.2 Å². The topological polar surface area (TPSA) is 55.1 Å². The Morgan fingerprint density at radius 2 is 1.89 bits per heavy atom. The summed E-state index contributed by atoms with van der Waals surface area (Å²) in [6.45, 7) is 2.21. The fourth-order valence-corrected chi connectivity index (χ4v) is 2.41. The Labute approximate surface area is 116 Å². The Balaban J connectivity index is 2.07. The number of hydrogen-bond donors (Lipinski definition) is 2. The molecule has 1 unspecified atom stereocenters.